The van der Waals surface area contributed by atoms with Gasteiger partial charge in [-0.1, -0.05) is 24.6 Å². The Morgan fingerprint density at radius 2 is 1.95 bits per heavy atom. The summed E-state index contributed by atoms with van der Waals surface area (Å²) in [6.45, 7) is 6.76. The first-order valence-electron chi connectivity index (χ1n) is 7.56. The highest BCUT2D eigenvalue weighted by molar-refractivity contribution is 5.36. The summed E-state index contributed by atoms with van der Waals surface area (Å²) in [6, 6.07) is 10.6. The molecule has 108 valence electrons. The summed E-state index contributed by atoms with van der Waals surface area (Å²) in [5.41, 5.74) is 0.692. The molecule has 1 aromatic carbocycles. The minimum absolute atomic E-state index is 0.437. The summed E-state index contributed by atoms with van der Waals surface area (Å²) in [6.07, 6.45) is 4.40. The van der Waals surface area contributed by atoms with Crippen molar-refractivity contribution in [3.8, 4) is 11.8 Å². The summed E-state index contributed by atoms with van der Waals surface area (Å²) >= 11 is 0. The molecule has 0 bridgehead atoms. The largest absolute Gasteiger partial charge is 0.494 e. The maximum Gasteiger partial charge on any atom is 0.122 e. The van der Waals surface area contributed by atoms with Crippen molar-refractivity contribution in [1.29, 1.82) is 5.26 Å². The Kier molecular flexibility index (Phi) is 5.03. The zero-order chi connectivity index (χ0) is 14.4. The molecule has 1 unspecified atom stereocenters. The number of para-hydroxylation sites is 1. The lowest BCUT2D eigenvalue weighted by molar-refractivity contribution is 0.123. The molecule has 0 aliphatic carbocycles. The zero-order valence-electron chi connectivity index (χ0n) is 12.6. The molecule has 2 rings (SSSR count). The van der Waals surface area contributed by atoms with Crippen molar-refractivity contribution >= 4 is 0 Å². The van der Waals surface area contributed by atoms with Crippen molar-refractivity contribution in [3.63, 3.8) is 0 Å². The summed E-state index contributed by atoms with van der Waals surface area (Å²) in [5.74, 6) is 0.911. The molecule has 1 saturated heterocycles. The van der Waals surface area contributed by atoms with Gasteiger partial charge in [-0.2, -0.15) is 5.26 Å². The van der Waals surface area contributed by atoms with Gasteiger partial charge in [-0.3, -0.25) is 4.90 Å². The highest BCUT2D eigenvalue weighted by Crippen LogP contribution is 2.28. The van der Waals surface area contributed by atoms with Crippen LogP contribution in [-0.2, 0) is 6.42 Å². The lowest BCUT2D eigenvalue weighted by Gasteiger charge is -2.38. The van der Waals surface area contributed by atoms with Gasteiger partial charge in [0.05, 0.1) is 12.7 Å². The number of benzene rings is 1. The Balaban J connectivity index is 2.19. The third-order valence-electron chi connectivity index (χ3n) is 4.10. The first-order chi connectivity index (χ1) is 9.69. The molecule has 1 aromatic rings. The third-order valence-corrected chi connectivity index (χ3v) is 4.10. The van der Waals surface area contributed by atoms with Gasteiger partial charge >= 0.3 is 0 Å². The molecule has 0 spiro atoms. The molecule has 0 N–H and O–H groups in total. The Hall–Kier alpha value is -1.53. The number of likely N-dealkylation sites (tertiary alicyclic amines) is 1. The summed E-state index contributed by atoms with van der Waals surface area (Å²) in [5, 5.41) is 9.69. The van der Waals surface area contributed by atoms with E-state index >= 15 is 0 Å². The fraction of sp³-hybridized carbons (Fsp3) is 0.588. The van der Waals surface area contributed by atoms with Gasteiger partial charge in [0.2, 0.25) is 0 Å². The van der Waals surface area contributed by atoms with Crippen molar-refractivity contribution < 1.29 is 4.74 Å². The fourth-order valence-corrected chi connectivity index (χ4v) is 2.93. The van der Waals surface area contributed by atoms with Crippen LogP contribution in [0.15, 0.2) is 24.3 Å². The highest BCUT2D eigenvalue weighted by Gasteiger charge is 2.33. The molecule has 20 heavy (non-hydrogen) atoms. The van der Waals surface area contributed by atoms with Crippen molar-refractivity contribution in [1.82, 2.24) is 4.90 Å². The molecule has 1 aliphatic heterocycles. The van der Waals surface area contributed by atoms with E-state index in [0.29, 0.717) is 6.61 Å². The van der Waals surface area contributed by atoms with Crippen LogP contribution < -0.4 is 4.74 Å². The summed E-state index contributed by atoms with van der Waals surface area (Å²) in [7, 11) is 0. The van der Waals surface area contributed by atoms with Crippen LogP contribution in [0.25, 0.3) is 0 Å². The van der Waals surface area contributed by atoms with Crippen molar-refractivity contribution in [2.75, 3.05) is 19.7 Å². The van der Waals surface area contributed by atoms with E-state index in [1.807, 2.05) is 25.1 Å². The number of rotatable bonds is 5. The number of nitrogens with zero attached hydrogens (tertiary/aromatic N) is 2. The minimum atomic E-state index is -0.437. The minimum Gasteiger partial charge on any atom is -0.494 e. The van der Waals surface area contributed by atoms with Gasteiger partial charge in [-0.05, 0) is 51.4 Å². The first-order valence-corrected chi connectivity index (χ1v) is 7.56. The van der Waals surface area contributed by atoms with E-state index in [1.165, 1.54) is 19.3 Å². The quantitative estimate of drug-likeness (QED) is 0.824. The predicted molar refractivity (Wildman–Crippen MR) is 80.8 cm³/mol. The molecule has 0 amide bonds. The van der Waals surface area contributed by atoms with Gasteiger partial charge < -0.3 is 4.74 Å². The average Bonchev–Trinajstić information content (AvgIpc) is 2.50. The van der Waals surface area contributed by atoms with E-state index in [2.05, 4.69) is 24.0 Å². The smallest absolute Gasteiger partial charge is 0.122 e. The normalized spacial score (nSPS) is 19.1. The van der Waals surface area contributed by atoms with Gasteiger partial charge in [0, 0.05) is 6.42 Å². The molecular weight excluding hydrogens is 248 g/mol. The van der Waals surface area contributed by atoms with Gasteiger partial charge in [-0.25, -0.2) is 0 Å². The molecule has 3 nitrogen and oxygen atoms in total. The maximum absolute atomic E-state index is 9.69. The lowest BCUT2D eigenvalue weighted by Crippen LogP contribution is -2.49. The number of hydrogen-bond acceptors (Lipinski definition) is 3. The second-order valence-electron chi connectivity index (χ2n) is 5.65. The van der Waals surface area contributed by atoms with Crippen LogP contribution in [0.4, 0.5) is 0 Å². The number of nitriles is 1. The van der Waals surface area contributed by atoms with E-state index in [-0.39, 0.29) is 0 Å². The molecule has 1 heterocycles. The molecular formula is C17H24N2O. The number of piperidine rings is 1. The van der Waals surface area contributed by atoms with Gasteiger partial charge in [-0.15, -0.1) is 0 Å². The second-order valence-corrected chi connectivity index (χ2v) is 5.65. The van der Waals surface area contributed by atoms with E-state index in [9.17, 15) is 5.26 Å². The van der Waals surface area contributed by atoms with Crippen molar-refractivity contribution in [3.05, 3.63) is 29.8 Å². The molecule has 1 aliphatic rings. The molecule has 0 aromatic heterocycles. The maximum atomic E-state index is 9.69. The third kappa shape index (κ3) is 3.32. The van der Waals surface area contributed by atoms with Gasteiger partial charge in [0.1, 0.15) is 11.3 Å². The SMILES string of the molecule is CCOc1ccccc1CC(C)(C#N)N1CCCCC1. The van der Waals surface area contributed by atoms with E-state index in [0.717, 1.165) is 30.8 Å². The van der Waals surface area contributed by atoms with E-state index in [1.54, 1.807) is 0 Å². The van der Waals surface area contributed by atoms with Crippen molar-refractivity contribution in [2.24, 2.45) is 0 Å². The van der Waals surface area contributed by atoms with Crippen LogP contribution in [0.1, 0.15) is 38.7 Å². The predicted octanol–water partition coefficient (Wildman–Crippen LogP) is 3.40. The molecule has 0 radical (unpaired) electrons. The Morgan fingerprint density at radius 1 is 1.25 bits per heavy atom. The van der Waals surface area contributed by atoms with Gasteiger partial charge in [0.15, 0.2) is 0 Å². The van der Waals surface area contributed by atoms with E-state index < -0.39 is 5.54 Å². The highest BCUT2D eigenvalue weighted by atomic mass is 16.5. The zero-order valence-corrected chi connectivity index (χ0v) is 12.6. The van der Waals surface area contributed by atoms with Crippen LogP contribution >= 0.6 is 0 Å². The van der Waals surface area contributed by atoms with Crippen LogP contribution in [0, 0.1) is 11.3 Å². The van der Waals surface area contributed by atoms with Crippen LogP contribution in [0.5, 0.6) is 5.75 Å². The first kappa shape index (κ1) is 14.9. The number of hydrogen-bond donors (Lipinski definition) is 0. The fourth-order valence-electron chi connectivity index (χ4n) is 2.93. The Bertz CT molecular complexity index is 474. The average molecular weight is 272 g/mol. The van der Waals surface area contributed by atoms with E-state index in [4.69, 9.17) is 4.74 Å². The standard InChI is InChI=1S/C17H24N2O/c1-3-20-16-10-6-5-9-15(16)13-17(2,14-18)19-11-7-4-8-12-19/h5-6,9-10H,3-4,7-8,11-13H2,1-2H3. The molecule has 1 atom stereocenters. The van der Waals surface area contributed by atoms with Crippen LogP contribution in [0.3, 0.4) is 0 Å². The molecule has 1 fully saturated rings. The van der Waals surface area contributed by atoms with Crippen LogP contribution in [0.2, 0.25) is 0 Å². The molecule has 0 saturated carbocycles. The summed E-state index contributed by atoms with van der Waals surface area (Å²) in [4.78, 5) is 2.33. The Labute approximate surface area is 122 Å². The lowest BCUT2D eigenvalue weighted by atomic mass is 9.90. The second kappa shape index (κ2) is 6.76. The van der Waals surface area contributed by atoms with Crippen LogP contribution in [-0.4, -0.2) is 30.1 Å². The topological polar surface area (TPSA) is 36.3 Å². The Morgan fingerprint density at radius 3 is 2.60 bits per heavy atom. The van der Waals surface area contributed by atoms with Crippen molar-refractivity contribution in [2.45, 2.75) is 45.1 Å². The number of ether oxygens (including phenoxy) is 1. The monoisotopic (exact) mass is 272 g/mol. The van der Waals surface area contributed by atoms with Gasteiger partial charge in [0.25, 0.3) is 0 Å². The molecule has 3 heteroatoms. The summed E-state index contributed by atoms with van der Waals surface area (Å²) < 4.78 is 5.69.